The van der Waals surface area contributed by atoms with Gasteiger partial charge in [0.25, 0.3) is 0 Å². The van der Waals surface area contributed by atoms with E-state index in [1.54, 1.807) is 27.7 Å². The fraction of sp³-hybridized carbons (Fsp3) is 0.600. The molecule has 0 unspecified atom stereocenters. The highest BCUT2D eigenvalue weighted by Gasteiger charge is 2.15. The van der Waals surface area contributed by atoms with E-state index in [9.17, 15) is 9.59 Å². The Kier molecular flexibility index (Phi) is 8.85. The maximum absolute atomic E-state index is 10.8. The van der Waals surface area contributed by atoms with Crippen molar-refractivity contribution in [2.24, 2.45) is 0 Å². The minimum atomic E-state index is -0.407. The third kappa shape index (κ3) is 14.4. The van der Waals surface area contributed by atoms with Crippen molar-refractivity contribution >= 4 is 11.9 Å². The van der Waals surface area contributed by atoms with E-state index in [-0.39, 0.29) is 18.0 Å². The van der Waals surface area contributed by atoms with Crippen LogP contribution in [0.3, 0.4) is 0 Å². The maximum atomic E-state index is 10.8. The van der Waals surface area contributed by atoms with E-state index in [0.717, 1.165) is 0 Å². The highest BCUT2D eigenvalue weighted by Crippen LogP contribution is 2.09. The molecule has 0 bridgehead atoms. The number of ether oxygens (including phenoxy) is 2. The Morgan fingerprint density at radius 3 is 1.42 bits per heavy atom. The molecule has 0 N–H and O–H groups in total. The summed E-state index contributed by atoms with van der Waals surface area (Å²) in [6.45, 7) is 19.3. The van der Waals surface area contributed by atoms with Gasteiger partial charge in [-0.2, -0.15) is 0 Å². The number of hydrogen-bond donors (Lipinski definition) is 0. The van der Waals surface area contributed by atoms with Crippen LogP contribution in [-0.2, 0) is 19.1 Å². The standard InChI is InChI=1S/C8H14O2.C7H12O2/c1-6(2)7(9)10-8(3,4)5;1-5(2)7(8)9-6(3)4/h1H2,2-5H3;6H,1H2,2-4H3. The highest BCUT2D eigenvalue weighted by atomic mass is 16.6. The van der Waals surface area contributed by atoms with Gasteiger partial charge in [-0.3, -0.25) is 0 Å². The number of esters is 2. The van der Waals surface area contributed by atoms with Crippen LogP contribution in [0.5, 0.6) is 0 Å². The number of carbonyl (C=O) groups excluding carboxylic acids is 2. The first-order valence-corrected chi connectivity index (χ1v) is 6.12. The molecule has 19 heavy (non-hydrogen) atoms. The molecule has 0 aromatic rings. The molecule has 0 aliphatic heterocycles. The second-order valence-electron chi connectivity index (χ2n) is 5.52. The summed E-state index contributed by atoms with van der Waals surface area (Å²) < 4.78 is 9.73. The van der Waals surface area contributed by atoms with E-state index in [4.69, 9.17) is 9.47 Å². The molecule has 0 spiro atoms. The molecule has 4 nitrogen and oxygen atoms in total. The van der Waals surface area contributed by atoms with Crippen molar-refractivity contribution in [3.8, 4) is 0 Å². The smallest absolute Gasteiger partial charge is 0.333 e. The van der Waals surface area contributed by atoms with Gasteiger partial charge in [0.05, 0.1) is 6.10 Å². The molecule has 0 aliphatic rings. The lowest BCUT2D eigenvalue weighted by atomic mass is 10.2. The fourth-order valence-electron chi connectivity index (χ4n) is 0.680. The first-order chi connectivity index (χ1) is 8.36. The van der Waals surface area contributed by atoms with Gasteiger partial charge in [0.2, 0.25) is 0 Å². The van der Waals surface area contributed by atoms with Crippen LogP contribution in [0.1, 0.15) is 48.5 Å². The Morgan fingerprint density at radius 1 is 0.947 bits per heavy atom. The first kappa shape index (κ1) is 19.8. The van der Waals surface area contributed by atoms with Gasteiger partial charge in [-0.25, -0.2) is 9.59 Å². The third-order valence-electron chi connectivity index (χ3n) is 1.44. The molecule has 0 rings (SSSR count). The van der Waals surface area contributed by atoms with Crippen molar-refractivity contribution in [1.82, 2.24) is 0 Å². The van der Waals surface area contributed by atoms with E-state index < -0.39 is 5.60 Å². The lowest BCUT2D eigenvalue weighted by Crippen LogP contribution is -2.23. The summed E-state index contributed by atoms with van der Waals surface area (Å²) in [5, 5.41) is 0. The fourth-order valence-corrected chi connectivity index (χ4v) is 0.680. The molecule has 0 aliphatic carbocycles. The molecule has 0 heterocycles. The summed E-state index contributed by atoms with van der Waals surface area (Å²) in [5.41, 5.74) is 0.481. The third-order valence-corrected chi connectivity index (χ3v) is 1.44. The van der Waals surface area contributed by atoms with Crippen LogP contribution in [0.2, 0.25) is 0 Å². The molecule has 0 saturated heterocycles. The number of rotatable bonds is 3. The molecule has 0 amide bonds. The highest BCUT2D eigenvalue weighted by molar-refractivity contribution is 5.87. The quantitative estimate of drug-likeness (QED) is 0.582. The van der Waals surface area contributed by atoms with Gasteiger partial charge in [0.15, 0.2) is 0 Å². The van der Waals surface area contributed by atoms with E-state index in [1.807, 2.05) is 20.8 Å². The van der Waals surface area contributed by atoms with E-state index >= 15 is 0 Å². The zero-order valence-electron chi connectivity index (χ0n) is 13.1. The van der Waals surface area contributed by atoms with Crippen LogP contribution in [0.15, 0.2) is 24.3 Å². The molecule has 0 saturated carbocycles. The van der Waals surface area contributed by atoms with Crippen LogP contribution < -0.4 is 0 Å². The average molecular weight is 270 g/mol. The van der Waals surface area contributed by atoms with Crippen LogP contribution in [0, 0.1) is 0 Å². The van der Waals surface area contributed by atoms with Gasteiger partial charge < -0.3 is 9.47 Å². The zero-order valence-corrected chi connectivity index (χ0v) is 13.1. The van der Waals surface area contributed by atoms with E-state index in [0.29, 0.717) is 11.1 Å². The second-order valence-corrected chi connectivity index (χ2v) is 5.52. The van der Waals surface area contributed by atoms with Crippen LogP contribution >= 0.6 is 0 Å². The van der Waals surface area contributed by atoms with Crippen molar-refractivity contribution < 1.29 is 19.1 Å². The van der Waals surface area contributed by atoms with Gasteiger partial charge in [0.1, 0.15) is 5.60 Å². The molecule has 110 valence electrons. The maximum Gasteiger partial charge on any atom is 0.333 e. The molecule has 0 aromatic carbocycles. The van der Waals surface area contributed by atoms with Gasteiger partial charge in [-0.05, 0) is 48.5 Å². The molecular formula is C15H26O4. The lowest BCUT2D eigenvalue weighted by molar-refractivity contribution is -0.149. The normalized spacial score (nSPS) is 10.1. The molecule has 0 fully saturated rings. The molecule has 0 aromatic heterocycles. The molecule has 0 radical (unpaired) electrons. The summed E-state index contributed by atoms with van der Waals surface area (Å²) in [7, 11) is 0. The summed E-state index contributed by atoms with van der Waals surface area (Å²) in [5.74, 6) is -0.641. The SMILES string of the molecule is C=C(C)C(=O)OC(C)(C)C.C=C(C)C(=O)OC(C)C. The summed E-state index contributed by atoms with van der Waals surface area (Å²) in [6, 6.07) is 0. The van der Waals surface area contributed by atoms with E-state index in [1.165, 1.54) is 0 Å². The largest absolute Gasteiger partial charge is 0.460 e. The van der Waals surface area contributed by atoms with Gasteiger partial charge >= 0.3 is 11.9 Å². The molecule has 0 atom stereocenters. The van der Waals surface area contributed by atoms with Gasteiger partial charge in [-0.15, -0.1) is 0 Å². The topological polar surface area (TPSA) is 52.6 Å². The minimum Gasteiger partial charge on any atom is -0.460 e. The molecular weight excluding hydrogens is 244 g/mol. The first-order valence-electron chi connectivity index (χ1n) is 6.12. The predicted molar refractivity (Wildman–Crippen MR) is 76.7 cm³/mol. The Labute approximate surface area is 116 Å². The van der Waals surface area contributed by atoms with Crippen molar-refractivity contribution in [3.05, 3.63) is 24.3 Å². The Morgan fingerprint density at radius 2 is 1.32 bits per heavy atom. The van der Waals surface area contributed by atoms with Crippen molar-refractivity contribution in [2.75, 3.05) is 0 Å². The van der Waals surface area contributed by atoms with Crippen molar-refractivity contribution in [2.45, 2.75) is 60.2 Å². The second kappa shape index (κ2) is 8.51. The Hall–Kier alpha value is -1.58. The van der Waals surface area contributed by atoms with Crippen LogP contribution in [0.4, 0.5) is 0 Å². The monoisotopic (exact) mass is 270 g/mol. The zero-order chi connectivity index (χ0) is 15.8. The minimum absolute atomic E-state index is 0.0470. The number of carbonyl (C=O) groups is 2. The van der Waals surface area contributed by atoms with Crippen LogP contribution in [0.25, 0.3) is 0 Å². The van der Waals surface area contributed by atoms with Crippen molar-refractivity contribution in [1.29, 1.82) is 0 Å². The molecule has 4 heteroatoms. The summed E-state index contributed by atoms with van der Waals surface area (Å²) >= 11 is 0. The predicted octanol–water partition coefficient (Wildman–Crippen LogP) is 3.42. The lowest BCUT2D eigenvalue weighted by Gasteiger charge is -2.19. The van der Waals surface area contributed by atoms with Gasteiger partial charge in [0, 0.05) is 11.1 Å². The van der Waals surface area contributed by atoms with E-state index in [2.05, 4.69) is 13.2 Å². The Balaban J connectivity index is 0. The van der Waals surface area contributed by atoms with Crippen molar-refractivity contribution in [3.63, 3.8) is 0 Å². The van der Waals surface area contributed by atoms with Crippen LogP contribution in [-0.4, -0.2) is 23.6 Å². The summed E-state index contributed by atoms with van der Waals surface area (Å²) in [4.78, 5) is 21.5. The Bertz CT molecular complexity index is 346. The van der Waals surface area contributed by atoms with Gasteiger partial charge in [-0.1, -0.05) is 13.2 Å². The average Bonchev–Trinajstić information content (AvgIpc) is 2.14. The number of hydrogen-bond acceptors (Lipinski definition) is 4. The summed E-state index contributed by atoms with van der Waals surface area (Å²) in [6.07, 6.45) is -0.0470.